The molecule has 0 bridgehead atoms. The second-order valence-corrected chi connectivity index (χ2v) is 8.06. The summed E-state index contributed by atoms with van der Waals surface area (Å²) in [4.78, 5) is 17.1. The van der Waals surface area contributed by atoms with Crippen molar-refractivity contribution in [3.05, 3.63) is 64.3 Å². The molecule has 1 aromatic heterocycles. The smallest absolute Gasteiger partial charge is 0.210 e. The molecule has 2 unspecified atom stereocenters. The Balaban J connectivity index is 1.57. The van der Waals surface area contributed by atoms with Crippen molar-refractivity contribution in [2.24, 2.45) is 0 Å². The van der Waals surface area contributed by atoms with E-state index in [2.05, 4.69) is 10.3 Å². The summed E-state index contributed by atoms with van der Waals surface area (Å²) in [6, 6.07) is 13.5. The molecule has 3 N–H and O–H groups in total. The van der Waals surface area contributed by atoms with E-state index in [0.717, 1.165) is 40.7 Å². The van der Waals surface area contributed by atoms with Crippen LogP contribution in [-0.4, -0.2) is 54.2 Å². The Morgan fingerprint density at radius 2 is 2.13 bits per heavy atom. The van der Waals surface area contributed by atoms with E-state index in [1.807, 2.05) is 54.4 Å². The Morgan fingerprint density at radius 1 is 1.33 bits per heavy atom. The molecule has 2 aromatic carbocycles. The second kappa shape index (κ2) is 9.08. The van der Waals surface area contributed by atoms with Crippen LogP contribution in [0, 0.1) is 0 Å². The molecule has 1 aliphatic heterocycles. The van der Waals surface area contributed by atoms with Crippen LogP contribution in [0.2, 0.25) is 5.02 Å². The fraction of sp³-hybridized carbons (Fsp3) is 0.348. The molecule has 0 spiro atoms. The number of H-pyrrole nitrogens is 1. The number of nitrogens with one attached hydrogen (secondary N) is 2. The Morgan fingerprint density at radius 3 is 2.87 bits per heavy atom. The topological polar surface area (TPSA) is 77.6 Å². The molecule has 30 heavy (non-hydrogen) atoms. The predicted molar refractivity (Wildman–Crippen MR) is 118 cm³/mol. The quantitative estimate of drug-likeness (QED) is 0.482. The third-order valence-electron chi connectivity index (χ3n) is 5.62. The van der Waals surface area contributed by atoms with Crippen molar-refractivity contribution in [3.8, 4) is 5.75 Å². The van der Waals surface area contributed by atoms with Crippen LogP contribution in [0.3, 0.4) is 0 Å². The second-order valence-electron chi connectivity index (χ2n) is 7.62. The Bertz CT molecular complexity index is 1020. The highest BCUT2D eigenvalue weighted by atomic mass is 35.5. The summed E-state index contributed by atoms with van der Waals surface area (Å²) >= 11 is 6.21. The van der Waals surface area contributed by atoms with Crippen LogP contribution in [0.4, 0.5) is 0 Å². The van der Waals surface area contributed by atoms with Crippen LogP contribution in [0.1, 0.15) is 29.3 Å². The Kier molecular flexibility index (Phi) is 6.27. The molecule has 3 aromatic rings. The van der Waals surface area contributed by atoms with Gasteiger partial charge in [-0.2, -0.15) is 0 Å². The van der Waals surface area contributed by atoms with Crippen LogP contribution in [0.5, 0.6) is 5.75 Å². The van der Waals surface area contributed by atoms with Gasteiger partial charge in [0.05, 0.1) is 18.8 Å². The molecule has 7 heteroatoms. The lowest BCUT2D eigenvalue weighted by atomic mass is 9.93. The van der Waals surface area contributed by atoms with Gasteiger partial charge in [0.2, 0.25) is 6.41 Å². The maximum Gasteiger partial charge on any atom is 0.210 e. The summed E-state index contributed by atoms with van der Waals surface area (Å²) in [5.74, 6) is 0.743. The number of ether oxygens (including phenoxy) is 1. The number of fused-ring (bicyclic) bond motifs is 3. The summed E-state index contributed by atoms with van der Waals surface area (Å²) in [5, 5.41) is 14.5. The minimum atomic E-state index is -0.424. The number of halogens is 1. The van der Waals surface area contributed by atoms with E-state index < -0.39 is 6.10 Å². The summed E-state index contributed by atoms with van der Waals surface area (Å²) in [6.45, 7) is 1.64. The van der Waals surface area contributed by atoms with Crippen molar-refractivity contribution in [2.45, 2.75) is 25.0 Å². The molecule has 0 fully saturated rings. The zero-order valence-electron chi connectivity index (χ0n) is 16.9. The molecule has 2 heterocycles. The van der Waals surface area contributed by atoms with Gasteiger partial charge in [0.15, 0.2) is 0 Å². The first kappa shape index (κ1) is 20.7. The lowest BCUT2D eigenvalue weighted by molar-refractivity contribution is -0.120. The number of aliphatic hydroxyl groups excluding tert-OH is 1. The zero-order chi connectivity index (χ0) is 21.1. The van der Waals surface area contributed by atoms with Gasteiger partial charge in [-0.25, -0.2) is 0 Å². The van der Waals surface area contributed by atoms with E-state index in [1.165, 1.54) is 5.56 Å². The van der Waals surface area contributed by atoms with E-state index in [4.69, 9.17) is 16.3 Å². The van der Waals surface area contributed by atoms with Gasteiger partial charge in [-0.1, -0.05) is 23.7 Å². The molecule has 4 rings (SSSR count). The molecule has 0 saturated heterocycles. The minimum Gasteiger partial charge on any atom is -0.493 e. The van der Waals surface area contributed by atoms with Gasteiger partial charge < -0.3 is 25.0 Å². The number of hydrogen-bond acceptors (Lipinski definition) is 4. The van der Waals surface area contributed by atoms with Crippen molar-refractivity contribution < 1.29 is 14.6 Å². The molecule has 0 aliphatic carbocycles. The maximum absolute atomic E-state index is 11.8. The van der Waals surface area contributed by atoms with Crippen molar-refractivity contribution in [1.29, 1.82) is 0 Å². The number of nitrogens with zero attached hydrogens (tertiary/aromatic N) is 1. The zero-order valence-corrected chi connectivity index (χ0v) is 17.7. The van der Waals surface area contributed by atoms with Crippen molar-refractivity contribution in [2.75, 3.05) is 26.7 Å². The minimum absolute atomic E-state index is 0.177. The van der Waals surface area contributed by atoms with Crippen molar-refractivity contribution in [1.82, 2.24) is 15.2 Å². The number of likely N-dealkylation sites (N-methyl/N-ethyl adjacent to an activating group) is 1. The Hall–Kier alpha value is -2.54. The van der Waals surface area contributed by atoms with E-state index in [1.54, 1.807) is 0 Å². The van der Waals surface area contributed by atoms with E-state index in [-0.39, 0.29) is 6.04 Å². The van der Waals surface area contributed by atoms with Gasteiger partial charge in [0.25, 0.3) is 0 Å². The van der Waals surface area contributed by atoms with Crippen LogP contribution < -0.4 is 10.1 Å². The molecule has 2 atom stereocenters. The molecule has 6 nitrogen and oxygen atoms in total. The summed E-state index contributed by atoms with van der Waals surface area (Å²) < 4.78 is 5.76. The third kappa shape index (κ3) is 4.17. The molecule has 0 saturated carbocycles. The van der Waals surface area contributed by atoms with Gasteiger partial charge >= 0.3 is 0 Å². The fourth-order valence-electron chi connectivity index (χ4n) is 4.15. The normalized spacial score (nSPS) is 17.0. The number of aliphatic hydroxyl groups is 1. The molecular weight excluding hydrogens is 402 g/mol. The van der Waals surface area contributed by atoms with Crippen LogP contribution >= 0.6 is 11.6 Å². The average Bonchev–Trinajstić information content (AvgIpc) is 3.11. The summed E-state index contributed by atoms with van der Waals surface area (Å²) in [5.41, 5.74) is 4.30. The number of amides is 1. The standard InChI is InChI=1S/C23H26ClN3O3/c1-25-13-17(29)9-11-30-18-5-2-15(3-6-18)23-22-19(8-10-27(23)14-28)20-12-16(24)4-7-21(20)26-22/h2-7,12,14,17,23,25-26,29H,8-11,13H2,1H3. The SMILES string of the molecule is CNCC(O)CCOc1ccc(C2c3[nH]c4ccc(Cl)cc4c3CCN2C=O)cc1. The van der Waals surface area contributed by atoms with Gasteiger partial charge in [0, 0.05) is 41.1 Å². The number of carbonyl (C=O) groups is 1. The van der Waals surface area contributed by atoms with Gasteiger partial charge in [0.1, 0.15) is 5.75 Å². The molecule has 1 amide bonds. The average molecular weight is 428 g/mol. The first-order valence-electron chi connectivity index (χ1n) is 10.2. The number of rotatable bonds is 8. The highest BCUT2D eigenvalue weighted by Crippen LogP contribution is 2.38. The summed E-state index contributed by atoms with van der Waals surface area (Å²) in [6.07, 6.45) is 1.85. The number of hydrogen-bond donors (Lipinski definition) is 3. The van der Waals surface area contributed by atoms with E-state index in [9.17, 15) is 9.90 Å². The van der Waals surface area contributed by atoms with Crippen LogP contribution in [0.25, 0.3) is 10.9 Å². The maximum atomic E-state index is 11.8. The van der Waals surface area contributed by atoms with Crippen LogP contribution in [0.15, 0.2) is 42.5 Å². The van der Waals surface area contributed by atoms with E-state index in [0.29, 0.717) is 31.1 Å². The van der Waals surface area contributed by atoms with Crippen molar-refractivity contribution >= 4 is 28.9 Å². The van der Waals surface area contributed by atoms with Gasteiger partial charge in [-0.05, 0) is 54.9 Å². The number of carbonyl (C=O) groups excluding carboxylic acids is 1. The number of aromatic amines is 1. The lowest BCUT2D eigenvalue weighted by Gasteiger charge is -2.33. The molecule has 158 valence electrons. The number of benzene rings is 2. The molecular formula is C23H26ClN3O3. The fourth-order valence-corrected chi connectivity index (χ4v) is 4.32. The first-order valence-corrected chi connectivity index (χ1v) is 10.5. The lowest BCUT2D eigenvalue weighted by Crippen LogP contribution is -2.34. The van der Waals surface area contributed by atoms with E-state index >= 15 is 0 Å². The van der Waals surface area contributed by atoms with Gasteiger partial charge in [-0.15, -0.1) is 0 Å². The highest BCUT2D eigenvalue weighted by molar-refractivity contribution is 6.31. The predicted octanol–water partition coefficient (Wildman–Crippen LogP) is 3.27. The van der Waals surface area contributed by atoms with Gasteiger partial charge in [-0.3, -0.25) is 4.79 Å². The monoisotopic (exact) mass is 427 g/mol. The third-order valence-corrected chi connectivity index (χ3v) is 5.85. The number of aromatic nitrogens is 1. The van der Waals surface area contributed by atoms with Crippen LogP contribution in [-0.2, 0) is 11.2 Å². The summed E-state index contributed by atoms with van der Waals surface area (Å²) in [7, 11) is 1.81. The molecule has 1 aliphatic rings. The highest BCUT2D eigenvalue weighted by Gasteiger charge is 2.31. The Labute approximate surface area is 180 Å². The molecule has 0 radical (unpaired) electrons. The van der Waals surface area contributed by atoms with Crippen molar-refractivity contribution in [3.63, 3.8) is 0 Å². The first-order chi connectivity index (χ1) is 14.6. The largest absolute Gasteiger partial charge is 0.493 e.